The van der Waals surface area contributed by atoms with E-state index in [0.29, 0.717) is 35.1 Å². The predicted octanol–water partition coefficient (Wildman–Crippen LogP) is 2.19. The lowest BCUT2D eigenvalue weighted by atomic mass is 10.2. The van der Waals surface area contributed by atoms with Crippen LogP contribution in [0.2, 0.25) is 5.02 Å². The number of benzene rings is 1. The average molecular weight is 359 g/mol. The van der Waals surface area contributed by atoms with Gasteiger partial charge in [-0.3, -0.25) is 9.36 Å². The number of nitrogens with zero attached hydrogens (tertiary/aromatic N) is 3. The minimum atomic E-state index is -0.0975. The van der Waals surface area contributed by atoms with E-state index < -0.39 is 0 Å². The summed E-state index contributed by atoms with van der Waals surface area (Å²) in [6.45, 7) is 2.76. The molecule has 0 saturated carbocycles. The first-order valence-electron chi connectivity index (χ1n) is 6.26. The molecule has 1 fully saturated rings. The van der Waals surface area contributed by atoms with Gasteiger partial charge in [0.15, 0.2) is 0 Å². The molecule has 1 aromatic carbocycles. The van der Waals surface area contributed by atoms with Crippen molar-refractivity contribution in [1.29, 1.82) is 0 Å². The molecule has 0 N–H and O–H groups in total. The predicted molar refractivity (Wildman–Crippen MR) is 82.7 cm³/mol. The highest BCUT2D eigenvalue weighted by Gasteiger charge is 2.18. The fraction of sp³-hybridized carbons (Fsp3) is 0.385. The molecule has 3 rings (SSSR count). The number of fused-ring (bicyclic) bond motifs is 1. The van der Waals surface area contributed by atoms with Gasteiger partial charge in [-0.1, -0.05) is 11.6 Å². The summed E-state index contributed by atoms with van der Waals surface area (Å²) in [5.41, 5.74) is 0.540. The van der Waals surface area contributed by atoms with Crippen molar-refractivity contribution in [2.24, 2.45) is 7.05 Å². The van der Waals surface area contributed by atoms with Crippen LogP contribution in [0.15, 0.2) is 21.4 Å². The van der Waals surface area contributed by atoms with E-state index in [1.165, 1.54) is 0 Å². The molecule has 1 aromatic heterocycles. The van der Waals surface area contributed by atoms with Crippen LogP contribution >= 0.6 is 27.5 Å². The van der Waals surface area contributed by atoms with Gasteiger partial charge in [0.1, 0.15) is 0 Å². The van der Waals surface area contributed by atoms with Crippen LogP contribution in [0.1, 0.15) is 0 Å². The summed E-state index contributed by atoms with van der Waals surface area (Å²) >= 11 is 9.43. The highest BCUT2D eigenvalue weighted by molar-refractivity contribution is 9.10. The van der Waals surface area contributed by atoms with Crippen molar-refractivity contribution in [3.8, 4) is 0 Å². The minimum Gasteiger partial charge on any atom is -0.378 e. The lowest BCUT2D eigenvalue weighted by Crippen LogP contribution is -2.40. The van der Waals surface area contributed by atoms with Gasteiger partial charge in [-0.2, -0.15) is 0 Å². The molecule has 0 aliphatic carbocycles. The second kappa shape index (κ2) is 5.35. The summed E-state index contributed by atoms with van der Waals surface area (Å²) in [6, 6.07) is 3.40. The molecular weight excluding hydrogens is 346 g/mol. The van der Waals surface area contributed by atoms with Crippen molar-refractivity contribution in [2.45, 2.75) is 0 Å². The quantitative estimate of drug-likeness (QED) is 0.784. The maximum absolute atomic E-state index is 12.5. The SMILES string of the molecule is Cn1c(N2CCOCC2)nc2c(Br)cc(Cl)cc2c1=O. The van der Waals surface area contributed by atoms with E-state index in [1.807, 2.05) is 0 Å². The van der Waals surface area contributed by atoms with Crippen LogP contribution in [0.3, 0.4) is 0 Å². The zero-order chi connectivity index (χ0) is 14.3. The zero-order valence-corrected chi connectivity index (χ0v) is 13.2. The molecule has 2 heterocycles. The van der Waals surface area contributed by atoms with E-state index in [1.54, 1.807) is 23.7 Å². The molecule has 1 aliphatic rings. The minimum absolute atomic E-state index is 0.0975. The Labute approximate surface area is 129 Å². The van der Waals surface area contributed by atoms with Gasteiger partial charge in [-0.15, -0.1) is 0 Å². The first-order chi connectivity index (χ1) is 9.58. The summed E-state index contributed by atoms with van der Waals surface area (Å²) in [5, 5.41) is 1.03. The highest BCUT2D eigenvalue weighted by atomic mass is 79.9. The first kappa shape index (κ1) is 13.9. The van der Waals surface area contributed by atoms with E-state index in [4.69, 9.17) is 16.3 Å². The Balaban J connectivity index is 2.24. The zero-order valence-electron chi connectivity index (χ0n) is 10.9. The summed E-state index contributed by atoms with van der Waals surface area (Å²) < 4.78 is 7.63. The molecule has 2 aromatic rings. The number of rotatable bonds is 1. The van der Waals surface area contributed by atoms with Crippen molar-refractivity contribution >= 4 is 44.4 Å². The van der Waals surface area contributed by atoms with Gasteiger partial charge >= 0.3 is 0 Å². The number of hydrogen-bond donors (Lipinski definition) is 0. The number of anilines is 1. The number of halogens is 2. The molecule has 1 aliphatic heterocycles. The highest BCUT2D eigenvalue weighted by Crippen LogP contribution is 2.26. The van der Waals surface area contributed by atoms with Crippen molar-refractivity contribution in [1.82, 2.24) is 9.55 Å². The molecule has 7 heteroatoms. The van der Waals surface area contributed by atoms with Gasteiger partial charge < -0.3 is 9.64 Å². The molecule has 20 heavy (non-hydrogen) atoms. The lowest BCUT2D eigenvalue weighted by molar-refractivity contribution is 0.121. The summed E-state index contributed by atoms with van der Waals surface area (Å²) in [6.07, 6.45) is 0. The molecule has 0 unspecified atom stereocenters. The number of aromatic nitrogens is 2. The number of morpholine rings is 1. The molecule has 1 saturated heterocycles. The van der Waals surface area contributed by atoms with Gasteiger partial charge in [0.2, 0.25) is 5.95 Å². The van der Waals surface area contributed by atoms with E-state index >= 15 is 0 Å². The van der Waals surface area contributed by atoms with Crippen molar-refractivity contribution in [3.63, 3.8) is 0 Å². The lowest BCUT2D eigenvalue weighted by Gasteiger charge is -2.29. The Morgan fingerprint density at radius 3 is 2.75 bits per heavy atom. The van der Waals surface area contributed by atoms with Crippen LogP contribution in [-0.2, 0) is 11.8 Å². The Hall–Kier alpha value is -1.11. The Morgan fingerprint density at radius 2 is 2.05 bits per heavy atom. The van der Waals surface area contributed by atoms with E-state index in [-0.39, 0.29) is 5.56 Å². The topological polar surface area (TPSA) is 47.4 Å². The normalized spacial score (nSPS) is 15.8. The molecule has 0 radical (unpaired) electrons. The smallest absolute Gasteiger partial charge is 0.262 e. The van der Waals surface area contributed by atoms with Crippen molar-refractivity contribution in [2.75, 3.05) is 31.2 Å². The Morgan fingerprint density at radius 1 is 1.35 bits per heavy atom. The average Bonchev–Trinajstić information content (AvgIpc) is 2.44. The van der Waals surface area contributed by atoms with Crippen LogP contribution in [0.4, 0.5) is 5.95 Å². The summed E-state index contributed by atoms with van der Waals surface area (Å²) in [4.78, 5) is 19.2. The molecule has 0 amide bonds. The molecule has 0 spiro atoms. The van der Waals surface area contributed by atoms with Crippen LogP contribution in [0.25, 0.3) is 10.9 Å². The second-order valence-corrected chi connectivity index (χ2v) is 5.95. The van der Waals surface area contributed by atoms with Crippen LogP contribution in [-0.4, -0.2) is 35.9 Å². The van der Waals surface area contributed by atoms with Gasteiger partial charge in [0.05, 0.1) is 24.1 Å². The summed E-state index contributed by atoms with van der Waals surface area (Å²) in [5.74, 6) is 0.661. The van der Waals surface area contributed by atoms with Crippen molar-refractivity contribution in [3.05, 3.63) is 32.0 Å². The van der Waals surface area contributed by atoms with Gasteiger partial charge in [-0.25, -0.2) is 4.98 Å². The Kier molecular flexibility index (Phi) is 3.70. The third-order valence-electron chi connectivity index (χ3n) is 3.37. The van der Waals surface area contributed by atoms with Gasteiger partial charge in [-0.05, 0) is 28.1 Å². The largest absolute Gasteiger partial charge is 0.378 e. The van der Waals surface area contributed by atoms with Gasteiger partial charge in [0.25, 0.3) is 5.56 Å². The van der Waals surface area contributed by atoms with Gasteiger partial charge in [0, 0.05) is 29.6 Å². The third-order valence-corrected chi connectivity index (χ3v) is 4.19. The molecule has 0 bridgehead atoms. The molecular formula is C13H13BrClN3O2. The number of hydrogen-bond acceptors (Lipinski definition) is 4. The first-order valence-corrected chi connectivity index (χ1v) is 7.43. The van der Waals surface area contributed by atoms with E-state index in [0.717, 1.165) is 17.6 Å². The number of ether oxygens (including phenoxy) is 1. The monoisotopic (exact) mass is 357 g/mol. The Bertz CT molecular complexity index is 726. The maximum Gasteiger partial charge on any atom is 0.262 e. The standard InChI is InChI=1S/C13H13BrClN3O2/c1-17-12(19)9-6-8(15)7-10(14)11(9)16-13(17)18-2-4-20-5-3-18/h6-7H,2-5H2,1H3. The molecule has 5 nitrogen and oxygen atoms in total. The van der Waals surface area contributed by atoms with Crippen LogP contribution < -0.4 is 10.5 Å². The summed E-state index contributed by atoms with van der Waals surface area (Å²) in [7, 11) is 1.73. The van der Waals surface area contributed by atoms with Crippen LogP contribution in [0.5, 0.6) is 0 Å². The fourth-order valence-electron chi connectivity index (χ4n) is 2.34. The van der Waals surface area contributed by atoms with E-state index in [2.05, 4.69) is 25.8 Å². The third kappa shape index (κ3) is 2.32. The fourth-order valence-corrected chi connectivity index (χ4v) is 3.23. The van der Waals surface area contributed by atoms with Crippen molar-refractivity contribution < 1.29 is 4.74 Å². The second-order valence-electron chi connectivity index (χ2n) is 4.66. The van der Waals surface area contributed by atoms with E-state index in [9.17, 15) is 4.79 Å². The molecule has 106 valence electrons. The maximum atomic E-state index is 12.5. The van der Waals surface area contributed by atoms with Crippen LogP contribution in [0, 0.1) is 0 Å². The molecule has 0 atom stereocenters.